The molecule has 0 radical (unpaired) electrons. The van der Waals surface area contributed by atoms with Crippen molar-refractivity contribution in [3.8, 4) is 33.8 Å². The predicted octanol–water partition coefficient (Wildman–Crippen LogP) is 17.9. The van der Waals surface area contributed by atoms with Crippen LogP contribution < -0.4 is 15.2 Å². The van der Waals surface area contributed by atoms with Crippen LogP contribution in [-0.2, 0) is 10.8 Å². The van der Waals surface area contributed by atoms with Gasteiger partial charge in [0.05, 0.1) is 25.1 Å². The number of aryl methyl sites for hydroxylation is 2. The van der Waals surface area contributed by atoms with E-state index in [9.17, 15) is 0 Å². The molecule has 66 heavy (non-hydrogen) atoms. The SMILES string of the molecule is COc1ccc2c(-c3cc(C(C)(C)C)cc(-c4c(Cl)oc5cc(C)ccc45)c3N)c(Cl)sc2c1.COc1ccc2c(c1)sc1c2c2cc(C(C)(C)C)cc3c4c5ccc(C)cc5oc4n1c32. The van der Waals surface area contributed by atoms with E-state index in [1.54, 1.807) is 14.2 Å². The molecule has 6 aromatic heterocycles. The highest BCUT2D eigenvalue weighted by molar-refractivity contribution is 7.26. The van der Waals surface area contributed by atoms with E-state index in [0.29, 0.717) is 15.2 Å². The van der Waals surface area contributed by atoms with Gasteiger partial charge in [-0.2, -0.15) is 0 Å². The van der Waals surface area contributed by atoms with Crippen LogP contribution in [0.4, 0.5) is 5.69 Å². The number of halogens is 2. The predicted molar refractivity (Wildman–Crippen MR) is 283 cm³/mol. The molecule has 0 fully saturated rings. The third kappa shape index (κ3) is 6.55. The number of fused-ring (bicyclic) bond motifs is 12. The average Bonchev–Trinajstić information content (AvgIpc) is 4.10. The topological polar surface area (TPSA) is 75.2 Å². The van der Waals surface area contributed by atoms with Crippen LogP contribution >= 0.6 is 45.9 Å². The number of benzene rings is 6. The van der Waals surface area contributed by atoms with Crippen molar-refractivity contribution in [2.45, 2.75) is 66.2 Å². The number of aromatic nitrogens is 1. The summed E-state index contributed by atoms with van der Waals surface area (Å²) >= 11 is 16.8. The number of thiophene rings is 2. The second-order valence-electron chi connectivity index (χ2n) is 19.5. The Morgan fingerprint density at radius 2 is 1.09 bits per heavy atom. The first-order valence-electron chi connectivity index (χ1n) is 22.0. The summed E-state index contributed by atoms with van der Waals surface area (Å²) < 4.78 is 28.7. The quantitative estimate of drug-likeness (QED) is 0.178. The van der Waals surface area contributed by atoms with Gasteiger partial charge < -0.3 is 24.0 Å². The van der Waals surface area contributed by atoms with Crippen molar-refractivity contribution in [2.75, 3.05) is 20.0 Å². The number of methoxy groups -OCH3 is 2. The fourth-order valence-corrected chi connectivity index (χ4v) is 12.5. The largest absolute Gasteiger partial charge is 0.497 e. The van der Waals surface area contributed by atoms with E-state index in [2.05, 4.69) is 120 Å². The molecule has 10 heteroatoms. The first kappa shape index (κ1) is 42.7. The molecule has 0 spiro atoms. The normalized spacial score (nSPS) is 12.6. The fourth-order valence-electron chi connectivity index (χ4n) is 9.55. The van der Waals surface area contributed by atoms with Gasteiger partial charge >= 0.3 is 0 Å². The van der Waals surface area contributed by atoms with Gasteiger partial charge in [0.15, 0.2) is 0 Å². The standard InChI is InChI=1S/C28H25Cl2NO2S.C28H23NO2S/c1-14-6-8-17-21(10-14)33-26(29)23(17)19-11-15(28(2,3)4)12-20(25(19)31)24-18-9-7-16(32-5)13-22(18)34-27(24)30;1-14-6-8-17-21(10-14)31-26-23(17)19-11-15(28(2,3)4)12-20-24-18-9-7-16(30-5)13-22(18)32-27(24)29(26)25(19)20/h6-13H,31H2,1-5H3;6-13H,1-5H3. The van der Waals surface area contributed by atoms with Crippen LogP contribution in [0.3, 0.4) is 0 Å². The van der Waals surface area contributed by atoms with Gasteiger partial charge in [-0.15, -0.1) is 22.7 Å². The molecule has 0 atom stereocenters. The minimum absolute atomic E-state index is 0.0487. The van der Waals surface area contributed by atoms with Crippen LogP contribution in [0.5, 0.6) is 11.5 Å². The maximum atomic E-state index is 6.90. The molecule has 6 nitrogen and oxygen atoms in total. The van der Waals surface area contributed by atoms with Crippen molar-refractivity contribution in [3.63, 3.8) is 0 Å². The van der Waals surface area contributed by atoms with Gasteiger partial charge in [0, 0.05) is 75.0 Å². The minimum atomic E-state index is -0.124. The Bertz CT molecular complexity index is 3940. The van der Waals surface area contributed by atoms with Crippen LogP contribution in [0.1, 0.15) is 63.8 Å². The van der Waals surface area contributed by atoms with Gasteiger partial charge in [0.25, 0.3) is 0 Å². The van der Waals surface area contributed by atoms with Crippen LogP contribution in [0.25, 0.3) is 102 Å². The molecule has 6 aromatic carbocycles. The van der Waals surface area contributed by atoms with Gasteiger partial charge in [0.2, 0.25) is 10.9 Å². The molecule has 0 bridgehead atoms. The number of ether oxygens (including phenoxy) is 2. The van der Waals surface area contributed by atoms with E-state index in [-0.39, 0.29) is 10.8 Å². The zero-order chi connectivity index (χ0) is 46.3. The summed E-state index contributed by atoms with van der Waals surface area (Å²) in [7, 11) is 3.39. The lowest BCUT2D eigenvalue weighted by Gasteiger charge is -2.23. The number of hydrogen-bond acceptors (Lipinski definition) is 7. The lowest BCUT2D eigenvalue weighted by Crippen LogP contribution is -2.12. The molecule has 0 aliphatic heterocycles. The molecule has 0 saturated heterocycles. The summed E-state index contributed by atoms with van der Waals surface area (Å²) in [6, 6.07) is 34.1. The van der Waals surface area contributed by atoms with Crippen molar-refractivity contribution < 1.29 is 18.3 Å². The van der Waals surface area contributed by atoms with E-state index >= 15 is 0 Å². The second-order valence-corrected chi connectivity index (χ2v) is 22.6. The zero-order valence-corrected chi connectivity index (χ0v) is 41.6. The first-order valence-corrected chi connectivity index (χ1v) is 24.3. The molecule has 12 aromatic rings. The number of rotatable bonds is 4. The van der Waals surface area contributed by atoms with Crippen molar-refractivity contribution in [1.29, 1.82) is 0 Å². The smallest absolute Gasteiger partial charge is 0.214 e. The highest BCUT2D eigenvalue weighted by Gasteiger charge is 2.29. The lowest BCUT2D eigenvalue weighted by molar-refractivity contribution is 0.415. The van der Waals surface area contributed by atoms with Crippen LogP contribution in [0.15, 0.2) is 106 Å². The maximum absolute atomic E-state index is 6.90. The number of nitrogens with two attached hydrogens (primary N) is 1. The van der Waals surface area contributed by atoms with Crippen LogP contribution in [0, 0.1) is 13.8 Å². The Kier molecular flexibility index (Phi) is 9.75. The molecular weight excluding hydrogens is 900 g/mol. The second kappa shape index (κ2) is 15.1. The molecular formula is C56H48Cl2N2O4S2. The number of furan rings is 2. The van der Waals surface area contributed by atoms with Crippen LogP contribution in [-0.4, -0.2) is 18.6 Å². The van der Waals surface area contributed by atoms with Crippen molar-refractivity contribution in [1.82, 2.24) is 4.40 Å². The third-order valence-corrected chi connectivity index (χ3v) is 15.9. The number of hydrogen-bond donors (Lipinski definition) is 1. The van der Waals surface area contributed by atoms with Crippen molar-refractivity contribution >= 4 is 131 Å². The summed E-state index contributed by atoms with van der Waals surface area (Å²) in [6.07, 6.45) is 0. The monoisotopic (exact) mass is 946 g/mol. The van der Waals surface area contributed by atoms with E-state index in [0.717, 1.165) is 77.2 Å². The summed E-state index contributed by atoms with van der Waals surface area (Å²) in [4.78, 5) is 1.24. The molecule has 0 unspecified atom stereocenters. The first-order chi connectivity index (χ1) is 31.4. The molecule has 12 rings (SSSR count). The molecule has 0 aliphatic carbocycles. The van der Waals surface area contributed by atoms with Gasteiger partial charge in [-0.1, -0.05) is 77.4 Å². The van der Waals surface area contributed by atoms with Gasteiger partial charge in [0.1, 0.15) is 31.8 Å². The average molecular weight is 948 g/mol. The highest BCUT2D eigenvalue weighted by Crippen LogP contribution is 2.52. The molecule has 2 N–H and O–H groups in total. The Morgan fingerprint density at radius 3 is 1.71 bits per heavy atom. The molecule has 0 aliphatic rings. The van der Waals surface area contributed by atoms with Crippen LogP contribution in [0.2, 0.25) is 9.56 Å². The van der Waals surface area contributed by atoms with E-state index < -0.39 is 0 Å². The molecule has 0 amide bonds. The van der Waals surface area contributed by atoms with Crippen molar-refractivity contribution in [3.05, 3.63) is 129 Å². The summed E-state index contributed by atoms with van der Waals surface area (Å²) in [5, 5.41) is 9.92. The van der Waals surface area contributed by atoms with E-state index in [1.807, 2.05) is 48.6 Å². The maximum Gasteiger partial charge on any atom is 0.214 e. The Balaban J connectivity index is 0.000000146. The number of anilines is 1. The molecule has 332 valence electrons. The number of nitrogens with zero attached hydrogens (tertiary/aromatic N) is 1. The molecule has 6 heterocycles. The lowest BCUT2D eigenvalue weighted by atomic mass is 9.82. The minimum Gasteiger partial charge on any atom is -0.497 e. The number of nitrogen functional groups attached to an aromatic ring is 1. The summed E-state index contributed by atoms with van der Waals surface area (Å²) in [5.41, 5.74) is 19.6. The van der Waals surface area contributed by atoms with Crippen molar-refractivity contribution in [2.24, 2.45) is 0 Å². The molecule has 0 saturated carbocycles. The fraction of sp³-hybridized carbons (Fsp3) is 0.214. The Hall–Kier alpha value is -5.90. The summed E-state index contributed by atoms with van der Waals surface area (Å²) in [5.74, 6) is 1.68. The van der Waals surface area contributed by atoms with Gasteiger partial charge in [-0.05, 0) is 131 Å². The third-order valence-electron chi connectivity index (χ3n) is 13.1. The zero-order valence-electron chi connectivity index (χ0n) is 38.5. The summed E-state index contributed by atoms with van der Waals surface area (Å²) in [6.45, 7) is 17.6. The highest BCUT2D eigenvalue weighted by atomic mass is 35.5. The van der Waals surface area contributed by atoms with Gasteiger partial charge in [-0.3, -0.25) is 4.40 Å². The Labute approximate surface area is 400 Å². The van der Waals surface area contributed by atoms with E-state index in [4.69, 9.17) is 47.2 Å². The van der Waals surface area contributed by atoms with Gasteiger partial charge in [-0.25, -0.2) is 0 Å². The van der Waals surface area contributed by atoms with E-state index in [1.165, 1.54) is 69.8 Å². The Morgan fingerprint density at radius 1 is 0.561 bits per heavy atom.